The second-order valence-corrected chi connectivity index (χ2v) is 7.53. The summed E-state index contributed by atoms with van der Waals surface area (Å²) in [6.07, 6.45) is 8.48. The summed E-state index contributed by atoms with van der Waals surface area (Å²) in [5, 5.41) is 4.28. The normalized spacial score (nSPS) is 20.3. The molecule has 4 rings (SSSR count). The number of pyridine rings is 1. The second-order valence-electron chi connectivity index (χ2n) is 6.58. The van der Waals surface area contributed by atoms with E-state index in [1.807, 2.05) is 18.3 Å². The van der Waals surface area contributed by atoms with Gasteiger partial charge in [-0.15, -0.1) is 0 Å². The molecule has 0 bridgehead atoms. The molecule has 2 aromatic heterocycles. The molecule has 5 nitrogen and oxygen atoms in total. The van der Waals surface area contributed by atoms with Gasteiger partial charge in [0, 0.05) is 31.2 Å². The van der Waals surface area contributed by atoms with E-state index in [1.165, 1.54) is 12.8 Å². The molecular formula is C17H22N4OS. The van der Waals surface area contributed by atoms with Gasteiger partial charge in [0.15, 0.2) is 5.13 Å². The molecule has 6 heteroatoms. The SMILES string of the molecule is O=C(NC1CCCC1)C1CCN(c2nc3cccnc3s2)CC1. The van der Waals surface area contributed by atoms with Crippen LogP contribution in [-0.2, 0) is 4.79 Å². The Balaban J connectivity index is 1.35. The van der Waals surface area contributed by atoms with Crippen LogP contribution in [0.1, 0.15) is 38.5 Å². The fourth-order valence-corrected chi connectivity index (χ4v) is 4.58. The van der Waals surface area contributed by atoms with E-state index in [0.29, 0.717) is 6.04 Å². The smallest absolute Gasteiger partial charge is 0.223 e. The number of fused-ring (bicyclic) bond motifs is 1. The quantitative estimate of drug-likeness (QED) is 0.940. The molecule has 23 heavy (non-hydrogen) atoms. The van der Waals surface area contributed by atoms with Crippen molar-refractivity contribution in [3.63, 3.8) is 0 Å². The summed E-state index contributed by atoms with van der Waals surface area (Å²) in [5.41, 5.74) is 0.966. The number of hydrogen-bond acceptors (Lipinski definition) is 5. The first-order valence-corrected chi connectivity index (χ1v) is 9.38. The van der Waals surface area contributed by atoms with E-state index in [1.54, 1.807) is 11.3 Å². The number of amides is 1. The number of aromatic nitrogens is 2. The molecule has 0 spiro atoms. The van der Waals surface area contributed by atoms with Crippen LogP contribution in [0.4, 0.5) is 5.13 Å². The van der Waals surface area contributed by atoms with Gasteiger partial charge in [0.05, 0.1) is 0 Å². The van der Waals surface area contributed by atoms with Crippen LogP contribution in [0, 0.1) is 5.92 Å². The lowest BCUT2D eigenvalue weighted by Crippen LogP contribution is -2.43. The van der Waals surface area contributed by atoms with E-state index in [9.17, 15) is 4.79 Å². The number of thiazole rings is 1. The van der Waals surface area contributed by atoms with Crippen molar-refractivity contribution in [2.75, 3.05) is 18.0 Å². The Morgan fingerprint density at radius 1 is 1.22 bits per heavy atom. The average molecular weight is 330 g/mol. The summed E-state index contributed by atoms with van der Waals surface area (Å²) in [4.78, 5) is 24.7. The minimum absolute atomic E-state index is 0.166. The maximum atomic E-state index is 12.4. The molecule has 1 amide bonds. The van der Waals surface area contributed by atoms with Crippen LogP contribution < -0.4 is 10.2 Å². The third-order valence-corrected chi connectivity index (χ3v) is 6.03. The number of hydrogen-bond donors (Lipinski definition) is 1. The van der Waals surface area contributed by atoms with Crippen LogP contribution in [0.15, 0.2) is 18.3 Å². The largest absolute Gasteiger partial charge is 0.353 e. The molecule has 3 heterocycles. The van der Waals surface area contributed by atoms with Crippen molar-refractivity contribution in [1.29, 1.82) is 0 Å². The first kappa shape index (κ1) is 14.9. The van der Waals surface area contributed by atoms with Crippen molar-refractivity contribution in [3.8, 4) is 0 Å². The summed E-state index contributed by atoms with van der Waals surface area (Å²) in [6.45, 7) is 1.81. The third kappa shape index (κ3) is 3.17. The monoisotopic (exact) mass is 330 g/mol. The van der Waals surface area contributed by atoms with Crippen molar-refractivity contribution in [3.05, 3.63) is 18.3 Å². The first-order chi connectivity index (χ1) is 11.3. The standard InChI is InChI=1S/C17H22N4OS/c22-15(19-13-4-1-2-5-13)12-7-10-21(11-8-12)17-20-14-6-3-9-18-16(14)23-17/h3,6,9,12-13H,1-2,4-5,7-8,10-11H2,(H,19,22). The zero-order valence-corrected chi connectivity index (χ0v) is 14.0. The minimum atomic E-state index is 0.166. The molecule has 0 aromatic carbocycles. The van der Waals surface area contributed by atoms with Gasteiger partial charge in [-0.2, -0.15) is 0 Å². The van der Waals surface area contributed by atoms with Gasteiger partial charge in [-0.3, -0.25) is 4.79 Å². The number of rotatable bonds is 3. The Morgan fingerprint density at radius 2 is 2.00 bits per heavy atom. The number of carbonyl (C=O) groups excluding carboxylic acids is 1. The van der Waals surface area contributed by atoms with Gasteiger partial charge >= 0.3 is 0 Å². The van der Waals surface area contributed by atoms with E-state index < -0.39 is 0 Å². The molecular weight excluding hydrogens is 308 g/mol. The topological polar surface area (TPSA) is 58.1 Å². The predicted molar refractivity (Wildman–Crippen MR) is 92.8 cm³/mol. The highest BCUT2D eigenvalue weighted by molar-refractivity contribution is 7.21. The molecule has 122 valence electrons. The molecule has 0 unspecified atom stereocenters. The Kier molecular flexibility index (Phi) is 4.16. The van der Waals surface area contributed by atoms with Crippen molar-refractivity contribution in [1.82, 2.24) is 15.3 Å². The molecule has 1 N–H and O–H groups in total. The number of piperidine rings is 1. The maximum Gasteiger partial charge on any atom is 0.223 e. The maximum absolute atomic E-state index is 12.4. The van der Waals surface area contributed by atoms with Gasteiger partial charge in [-0.25, -0.2) is 9.97 Å². The van der Waals surface area contributed by atoms with Gasteiger partial charge in [0.2, 0.25) is 5.91 Å². The molecule has 2 aliphatic rings. The highest BCUT2D eigenvalue weighted by Crippen LogP contribution is 2.30. The Bertz CT molecular complexity index is 654. The van der Waals surface area contributed by atoms with Crippen LogP contribution >= 0.6 is 11.3 Å². The number of carbonyl (C=O) groups is 1. The summed E-state index contributed by atoms with van der Waals surface area (Å²) >= 11 is 1.64. The second kappa shape index (κ2) is 6.43. The van der Waals surface area contributed by atoms with Crippen molar-refractivity contribution < 1.29 is 4.79 Å². The van der Waals surface area contributed by atoms with Crippen LogP contribution in [0.3, 0.4) is 0 Å². The first-order valence-electron chi connectivity index (χ1n) is 8.56. The lowest BCUT2D eigenvalue weighted by molar-refractivity contribution is -0.126. The minimum Gasteiger partial charge on any atom is -0.353 e. The molecule has 1 saturated carbocycles. The van der Waals surface area contributed by atoms with Gasteiger partial charge in [-0.05, 0) is 37.8 Å². The number of nitrogens with one attached hydrogen (secondary N) is 1. The Morgan fingerprint density at radius 3 is 2.74 bits per heavy atom. The van der Waals surface area contributed by atoms with Crippen molar-refractivity contribution >= 4 is 32.7 Å². The van der Waals surface area contributed by atoms with E-state index in [-0.39, 0.29) is 11.8 Å². The zero-order valence-electron chi connectivity index (χ0n) is 13.2. The molecule has 2 aromatic rings. The van der Waals surface area contributed by atoms with Gasteiger partial charge < -0.3 is 10.2 Å². The van der Waals surface area contributed by atoms with E-state index in [2.05, 4.69) is 20.2 Å². The molecule has 0 atom stereocenters. The highest BCUT2D eigenvalue weighted by Gasteiger charge is 2.28. The zero-order chi connectivity index (χ0) is 15.6. The van der Waals surface area contributed by atoms with E-state index in [0.717, 1.165) is 54.3 Å². The fraction of sp³-hybridized carbons (Fsp3) is 0.588. The van der Waals surface area contributed by atoms with Crippen LogP contribution in [0.25, 0.3) is 10.3 Å². The number of nitrogens with zero attached hydrogens (tertiary/aromatic N) is 3. The summed E-state index contributed by atoms with van der Waals surface area (Å²) < 4.78 is 0. The Hall–Kier alpha value is -1.69. The van der Waals surface area contributed by atoms with Crippen LogP contribution in [-0.4, -0.2) is 35.0 Å². The number of anilines is 1. The van der Waals surface area contributed by atoms with Gasteiger partial charge in [-0.1, -0.05) is 24.2 Å². The fourth-order valence-electron chi connectivity index (χ4n) is 3.62. The van der Waals surface area contributed by atoms with Crippen molar-refractivity contribution in [2.24, 2.45) is 5.92 Å². The molecule has 1 aliphatic carbocycles. The molecule has 2 fully saturated rings. The molecule has 0 radical (unpaired) electrons. The predicted octanol–water partition coefficient (Wildman–Crippen LogP) is 2.97. The summed E-state index contributed by atoms with van der Waals surface area (Å²) in [5.74, 6) is 0.432. The lowest BCUT2D eigenvalue weighted by Gasteiger charge is -2.31. The summed E-state index contributed by atoms with van der Waals surface area (Å²) in [7, 11) is 0. The Labute approximate surface area is 140 Å². The van der Waals surface area contributed by atoms with Gasteiger partial charge in [0.25, 0.3) is 0 Å². The van der Waals surface area contributed by atoms with Crippen LogP contribution in [0.2, 0.25) is 0 Å². The van der Waals surface area contributed by atoms with Crippen LogP contribution in [0.5, 0.6) is 0 Å². The third-order valence-electron chi connectivity index (χ3n) is 4.99. The molecule has 1 aliphatic heterocycles. The van der Waals surface area contributed by atoms with Crippen molar-refractivity contribution in [2.45, 2.75) is 44.6 Å². The average Bonchev–Trinajstić information content (AvgIpc) is 3.24. The summed E-state index contributed by atoms with van der Waals surface area (Å²) in [6, 6.07) is 4.35. The lowest BCUT2D eigenvalue weighted by atomic mass is 9.96. The van der Waals surface area contributed by atoms with E-state index >= 15 is 0 Å². The molecule has 1 saturated heterocycles. The van der Waals surface area contributed by atoms with Gasteiger partial charge in [0.1, 0.15) is 10.3 Å². The highest BCUT2D eigenvalue weighted by atomic mass is 32.1. The van der Waals surface area contributed by atoms with E-state index in [4.69, 9.17) is 0 Å².